The van der Waals surface area contributed by atoms with Crippen LogP contribution in [0.4, 0.5) is 0 Å². The zero-order chi connectivity index (χ0) is 11.4. The summed E-state index contributed by atoms with van der Waals surface area (Å²) in [6.45, 7) is 0. The van der Waals surface area contributed by atoms with Gasteiger partial charge in [0.15, 0.2) is 0 Å². The molecule has 3 nitrogen and oxygen atoms in total. The van der Waals surface area contributed by atoms with Gasteiger partial charge in [-0.1, -0.05) is 30.3 Å². The summed E-state index contributed by atoms with van der Waals surface area (Å²) in [6, 6.07) is 13.3. The Hall–Kier alpha value is -2.03. The highest BCUT2D eigenvalue weighted by molar-refractivity contribution is 5.18. The number of rotatable bonds is 3. The third-order valence-electron chi connectivity index (χ3n) is 2.51. The van der Waals surface area contributed by atoms with Crippen molar-refractivity contribution in [2.75, 3.05) is 0 Å². The van der Waals surface area contributed by atoms with Crippen LogP contribution in [0.15, 0.2) is 53.5 Å². The highest BCUT2D eigenvalue weighted by Gasteiger charge is 1.98. The summed E-state index contributed by atoms with van der Waals surface area (Å²) in [7, 11) is 0. The maximum Gasteiger partial charge on any atom is 0.283 e. The summed E-state index contributed by atoms with van der Waals surface area (Å²) < 4.78 is 0.589. The predicted octanol–water partition coefficient (Wildman–Crippen LogP) is 1.87. The molecule has 0 radical (unpaired) electrons. The molecule has 16 heavy (non-hydrogen) atoms. The topological polar surface area (TPSA) is 42.2 Å². The van der Waals surface area contributed by atoms with E-state index in [2.05, 4.69) is 12.1 Å². The molecule has 0 amide bonds. The van der Waals surface area contributed by atoms with E-state index in [4.69, 9.17) is 5.21 Å². The van der Waals surface area contributed by atoms with Crippen LogP contribution < -0.4 is 5.56 Å². The average Bonchev–Trinajstić information content (AvgIpc) is 2.32. The fraction of sp³-hybridized carbons (Fsp3) is 0.154. The van der Waals surface area contributed by atoms with Gasteiger partial charge >= 0.3 is 0 Å². The number of benzene rings is 1. The van der Waals surface area contributed by atoms with Gasteiger partial charge in [0.25, 0.3) is 5.56 Å². The highest BCUT2D eigenvalue weighted by Crippen LogP contribution is 2.05. The van der Waals surface area contributed by atoms with Crippen molar-refractivity contribution in [2.24, 2.45) is 0 Å². The van der Waals surface area contributed by atoms with Crippen LogP contribution in [0.1, 0.15) is 11.1 Å². The second-order valence-corrected chi connectivity index (χ2v) is 3.70. The quantitative estimate of drug-likeness (QED) is 0.794. The molecule has 0 saturated carbocycles. The Balaban J connectivity index is 2.05. The van der Waals surface area contributed by atoms with Crippen LogP contribution >= 0.6 is 0 Å². The van der Waals surface area contributed by atoms with Crippen LogP contribution in [-0.4, -0.2) is 9.94 Å². The van der Waals surface area contributed by atoms with Gasteiger partial charge in [-0.3, -0.25) is 4.79 Å². The number of hydrogen-bond donors (Lipinski definition) is 1. The minimum Gasteiger partial charge on any atom is -0.425 e. The molecule has 1 N–H and O–H groups in total. The van der Waals surface area contributed by atoms with Gasteiger partial charge in [0.05, 0.1) is 0 Å². The number of nitrogens with zero attached hydrogens (tertiary/aromatic N) is 1. The maximum absolute atomic E-state index is 11.2. The molecular weight excluding hydrogens is 202 g/mol. The smallest absolute Gasteiger partial charge is 0.283 e. The first kappa shape index (κ1) is 10.5. The lowest BCUT2D eigenvalue weighted by Crippen LogP contribution is -2.16. The minimum atomic E-state index is -0.384. The molecule has 0 bridgehead atoms. The van der Waals surface area contributed by atoms with Gasteiger partial charge in [-0.05, 0) is 30.0 Å². The second kappa shape index (κ2) is 4.66. The minimum absolute atomic E-state index is 0.384. The van der Waals surface area contributed by atoms with Crippen molar-refractivity contribution >= 4 is 0 Å². The largest absolute Gasteiger partial charge is 0.425 e. The van der Waals surface area contributed by atoms with E-state index in [0.717, 1.165) is 18.4 Å². The monoisotopic (exact) mass is 215 g/mol. The first-order valence-corrected chi connectivity index (χ1v) is 5.20. The molecule has 2 rings (SSSR count). The van der Waals surface area contributed by atoms with Crippen LogP contribution in [0.25, 0.3) is 0 Å². The van der Waals surface area contributed by atoms with Crippen LogP contribution in [0.3, 0.4) is 0 Å². The molecule has 0 atom stereocenters. The number of aromatic nitrogens is 1. The van der Waals surface area contributed by atoms with Gasteiger partial charge in [-0.2, -0.15) is 4.73 Å². The van der Waals surface area contributed by atoms with E-state index in [1.165, 1.54) is 17.8 Å². The Kier molecular flexibility index (Phi) is 3.05. The molecule has 2 aromatic rings. The molecule has 0 fully saturated rings. The molecule has 0 aliphatic heterocycles. The van der Waals surface area contributed by atoms with Gasteiger partial charge in [-0.15, -0.1) is 0 Å². The summed E-state index contributed by atoms with van der Waals surface area (Å²) in [4.78, 5) is 11.2. The third kappa shape index (κ3) is 2.51. The van der Waals surface area contributed by atoms with E-state index < -0.39 is 0 Å². The van der Waals surface area contributed by atoms with E-state index in [9.17, 15) is 4.79 Å². The molecule has 0 aliphatic carbocycles. The fourth-order valence-electron chi connectivity index (χ4n) is 1.60. The van der Waals surface area contributed by atoms with Crippen molar-refractivity contribution in [1.29, 1.82) is 0 Å². The molecule has 1 aromatic carbocycles. The lowest BCUT2D eigenvalue weighted by Gasteiger charge is -2.02. The van der Waals surface area contributed by atoms with Crippen LogP contribution in [0, 0.1) is 0 Å². The van der Waals surface area contributed by atoms with Gasteiger partial charge < -0.3 is 5.21 Å². The zero-order valence-corrected chi connectivity index (χ0v) is 8.84. The molecule has 0 saturated heterocycles. The Bertz CT molecular complexity index is 517. The Morgan fingerprint density at radius 1 is 1.00 bits per heavy atom. The molecule has 1 heterocycles. The van der Waals surface area contributed by atoms with Crippen molar-refractivity contribution in [2.45, 2.75) is 12.8 Å². The second-order valence-electron chi connectivity index (χ2n) is 3.70. The van der Waals surface area contributed by atoms with E-state index >= 15 is 0 Å². The lowest BCUT2D eigenvalue weighted by atomic mass is 10.1. The molecule has 0 spiro atoms. The van der Waals surface area contributed by atoms with Crippen molar-refractivity contribution in [3.63, 3.8) is 0 Å². The Morgan fingerprint density at radius 2 is 1.69 bits per heavy atom. The molecule has 3 heteroatoms. The Labute approximate surface area is 93.6 Å². The molecule has 1 aromatic heterocycles. The standard InChI is InChI=1S/C13H13NO2/c15-13-10-12(8-9-14(13)16)7-6-11-4-2-1-3-5-11/h1-5,8-10,16H,6-7H2. The number of hydrogen-bond acceptors (Lipinski definition) is 2. The predicted molar refractivity (Wildman–Crippen MR) is 61.7 cm³/mol. The summed E-state index contributed by atoms with van der Waals surface area (Å²) in [5.41, 5.74) is 1.81. The van der Waals surface area contributed by atoms with Crippen LogP contribution in [0.5, 0.6) is 0 Å². The van der Waals surface area contributed by atoms with Crippen molar-refractivity contribution in [3.05, 3.63) is 70.1 Å². The zero-order valence-electron chi connectivity index (χ0n) is 8.84. The van der Waals surface area contributed by atoms with Crippen LogP contribution in [0.2, 0.25) is 0 Å². The van der Waals surface area contributed by atoms with Crippen LogP contribution in [-0.2, 0) is 12.8 Å². The molecular formula is C13H13NO2. The summed E-state index contributed by atoms with van der Waals surface area (Å²) >= 11 is 0. The SMILES string of the molecule is O=c1cc(CCc2ccccc2)ccn1O. The summed E-state index contributed by atoms with van der Waals surface area (Å²) in [5, 5.41) is 9.03. The summed E-state index contributed by atoms with van der Waals surface area (Å²) in [5.74, 6) is 0. The number of aryl methyl sites for hydroxylation is 2. The van der Waals surface area contributed by atoms with E-state index in [0.29, 0.717) is 4.73 Å². The third-order valence-corrected chi connectivity index (χ3v) is 2.51. The molecule has 0 unspecified atom stereocenters. The fourth-order valence-corrected chi connectivity index (χ4v) is 1.60. The van der Waals surface area contributed by atoms with Gasteiger partial charge in [0.2, 0.25) is 0 Å². The molecule has 82 valence electrons. The first-order chi connectivity index (χ1) is 7.75. The first-order valence-electron chi connectivity index (χ1n) is 5.20. The Morgan fingerprint density at radius 3 is 2.38 bits per heavy atom. The molecule has 0 aliphatic rings. The van der Waals surface area contributed by atoms with E-state index in [-0.39, 0.29) is 5.56 Å². The lowest BCUT2D eigenvalue weighted by molar-refractivity contribution is 0.174. The van der Waals surface area contributed by atoms with Crippen molar-refractivity contribution in [1.82, 2.24) is 4.73 Å². The summed E-state index contributed by atoms with van der Waals surface area (Å²) in [6.07, 6.45) is 3.08. The average molecular weight is 215 g/mol. The number of pyridine rings is 1. The van der Waals surface area contributed by atoms with E-state index in [1.807, 2.05) is 18.2 Å². The van der Waals surface area contributed by atoms with Crippen molar-refractivity contribution in [3.8, 4) is 0 Å². The highest BCUT2D eigenvalue weighted by atomic mass is 16.5. The maximum atomic E-state index is 11.2. The van der Waals surface area contributed by atoms with E-state index in [1.54, 1.807) is 6.07 Å². The van der Waals surface area contributed by atoms with Gasteiger partial charge in [0.1, 0.15) is 0 Å². The van der Waals surface area contributed by atoms with Crippen molar-refractivity contribution < 1.29 is 5.21 Å². The van der Waals surface area contributed by atoms with Gasteiger partial charge in [0, 0.05) is 12.3 Å². The normalized spacial score (nSPS) is 10.2. The van der Waals surface area contributed by atoms with Gasteiger partial charge in [-0.25, -0.2) is 0 Å².